The summed E-state index contributed by atoms with van der Waals surface area (Å²) in [6.45, 7) is 0. The summed E-state index contributed by atoms with van der Waals surface area (Å²) in [5.41, 5.74) is 6.07. The molecule has 0 bridgehead atoms. The Morgan fingerprint density at radius 2 is 2.15 bits per heavy atom. The molecule has 0 saturated heterocycles. The third kappa shape index (κ3) is 1.59. The van der Waals surface area contributed by atoms with Crippen LogP contribution < -0.4 is 5.73 Å². The third-order valence-corrected chi connectivity index (χ3v) is 1.66. The van der Waals surface area contributed by atoms with Crippen LogP contribution >= 0.6 is 11.6 Å². The van der Waals surface area contributed by atoms with Gasteiger partial charge in [0, 0.05) is 0 Å². The molecule has 0 aliphatic carbocycles. The molecule has 2 heterocycles. The monoisotopic (exact) mass is 195 g/mol. The number of rotatable bonds is 1. The molecule has 0 aliphatic heterocycles. The summed E-state index contributed by atoms with van der Waals surface area (Å²) in [5.74, 6) is 0.584. The number of anilines is 1. The molecule has 0 amide bonds. The smallest absolute Gasteiger partial charge is 0.175 e. The molecule has 0 aromatic carbocycles. The average Bonchev–Trinajstić information content (AvgIpc) is 2.53. The quantitative estimate of drug-likeness (QED) is 0.734. The fourth-order valence-electron chi connectivity index (χ4n) is 0.893. The van der Waals surface area contributed by atoms with Gasteiger partial charge in [-0.3, -0.25) is 0 Å². The highest BCUT2D eigenvalue weighted by atomic mass is 35.5. The van der Waals surface area contributed by atoms with Gasteiger partial charge in [0.1, 0.15) is 0 Å². The van der Waals surface area contributed by atoms with Crippen molar-refractivity contribution in [1.29, 1.82) is 0 Å². The van der Waals surface area contributed by atoms with E-state index in [1.807, 2.05) is 0 Å². The van der Waals surface area contributed by atoms with E-state index in [2.05, 4.69) is 15.3 Å². The van der Waals surface area contributed by atoms with Gasteiger partial charge in [0.15, 0.2) is 11.0 Å². The maximum absolute atomic E-state index is 5.58. The molecule has 2 rings (SSSR count). The number of halogens is 1. The van der Waals surface area contributed by atoms with E-state index >= 15 is 0 Å². The van der Waals surface area contributed by atoms with Crippen molar-refractivity contribution >= 4 is 17.3 Å². The van der Waals surface area contributed by atoms with Gasteiger partial charge >= 0.3 is 0 Å². The molecule has 66 valence electrons. The van der Waals surface area contributed by atoms with Gasteiger partial charge in [0.05, 0.1) is 18.1 Å². The molecule has 0 atom stereocenters. The fourth-order valence-corrected chi connectivity index (χ4v) is 0.994. The van der Waals surface area contributed by atoms with Gasteiger partial charge in [-0.1, -0.05) is 11.6 Å². The zero-order valence-electron chi connectivity index (χ0n) is 6.55. The van der Waals surface area contributed by atoms with Gasteiger partial charge in [-0.15, -0.1) is 10.2 Å². The first-order chi connectivity index (χ1) is 6.25. The van der Waals surface area contributed by atoms with Crippen molar-refractivity contribution in [3.05, 3.63) is 29.7 Å². The van der Waals surface area contributed by atoms with Gasteiger partial charge in [0.2, 0.25) is 0 Å². The molecule has 0 radical (unpaired) electrons. The van der Waals surface area contributed by atoms with Gasteiger partial charge in [0.25, 0.3) is 0 Å². The van der Waals surface area contributed by atoms with Crippen molar-refractivity contribution in [3.63, 3.8) is 0 Å². The van der Waals surface area contributed by atoms with E-state index < -0.39 is 0 Å². The van der Waals surface area contributed by atoms with Crippen LogP contribution in [-0.4, -0.2) is 20.0 Å². The standard InChI is InChI=1S/C7H6ClN5/c8-6-1-2-7(12-11-6)13-4-5(9)3-10-13/h1-4H,9H2. The van der Waals surface area contributed by atoms with Crippen molar-refractivity contribution in [3.8, 4) is 5.82 Å². The fraction of sp³-hybridized carbons (Fsp3) is 0. The van der Waals surface area contributed by atoms with Gasteiger partial charge < -0.3 is 5.73 Å². The first kappa shape index (κ1) is 8.00. The highest BCUT2D eigenvalue weighted by Gasteiger charge is 1.99. The Bertz CT molecular complexity index is 407. The number of aromatic nitrogens is 4. The van der Waals surface area contributed by atoms with E-state index in [0.717, 1.165) is 0 Å². The minimum atomic E-state index is 0.351. The summed E-state index contributed by atoms with van der Waals surface area (Å²) in [7, 11) is 0. The lowest BCUT2D eigenvalue weighted by Crippen LogP contribution is -1.98. The molecule has 0 unspecified atom stereocenters. The molecule has 0 saturated carbocycles. The van der Waals surface area contributed by atoms with Gasteiger partial charge in [-0.25, -0.2) is 4.68 Å². The second kappa shape index (κ2) is 3.02. The van der Waals surface area contributed by atoms with Crippen LogP contribution in [0.25, 0.3) is 5.82 Å². The lowest BCUT2D eigenvalue weighted by atomic mass is 10.5. The molecule has 2 aromatic heterocycles. The zero-order valence-corrected chi connectivity index (χ0v) is 7.31. The minimum absolute atomic E-state index is 0.351. The lowest BCUT2D eigenvalue weighted by Gasteiger charge is -1.96. The summed E-state index contributed by atoms with van der Waals surface area (Å²) in [6.07, 6.45) is 3.19. The second-order valence-corrected chi connectivity index (χ2v) is 2.82. The Morgan fingerprint density at radius 1 is 1.31 bits per heavy atom. The first-order valence-corrected chi connectivity index (χ1v) is 3.93. The zero-order chi connectivity index (χ0) is 9.26. The molecule has 0 spiro atoms. The van der Waals surface area contributed by atoms with E-state index in [1.54, 1.807) is 18.3 Å². The highest BCUT2D eigenvalue weighted by molar-refractivity contribution is 6.29. The number of nitrogen functional groups attached to an aromatic ring is 1. The Balaban J connectivity index is 2.41. The van der Waals surface area contributed by atoms with Crippen molar-refractivity contribution in [2.75, 3.05) is 5.73 Å². The van der Waals surface area contributed by atoms with Gasteiger partial charge in [-0.2, -0.15) is 5.10 Å². The molecule has 5 nitrogen and oxygen atoms in total. The number of nitrogens with zero attached hydrogens (tertiary/aromatic N) is 4. The van der Waals surface area contributed by atoms with E-state index in [1.165, 1.54) is 10.9 Å². The third-order valence-electron chi connectivity index (χ3n) is 1.46. The number of nitrogens with two attached hydrogens (primary N) is 1. The molecular formula is C7H6ClN5. The molecule has 0 aliphatic rings. The first-order valence-electron chi connectivity index (χ1n) is 3.55. The van der Waals surface area contributed by atoms with E-state index in [-0.39, 0.29) is 0 Å². The van der Waals surface area contributed by atoms with Crippen LogP contribution in [0.15, 0.2) is 24.5 Å². The van der Waals surface area contributed by atoms with Crippen LogP contribution in [-0.2, 0) is 0 Å². The Labute approximate surface area is 79.1 Å². The number of hydrogen-bond acceptors (Lipinski definition) is 4. The van der Waals surface area contributed by atoms with Crippen LogP contribution in [0.5, 0.6) is 0 Å². The highest BCUT2D eigenvalue weighted by Crippen LogP contribution is 2.07. The van der Waals surface area contributed by atoms with Crippen LogP contribution in [0.2, 0.25) is 5.15 Å². The number of hydrogen-bond donors (Lipinski definition) is 1. The van der Waals surface area contributed by atoms with Crippen LogP contribution in [0.4, 0.5) is 5.69 Å². The topological polar surface area (TPSA) is 69.6 Å². The summed E-state index contributed by atoms with van der Waals surface area (Å²) >= 11 is 5.58. The van der Waals surface area contributed by atoms with Crippen LogP contribution in [0.1, 0.15) is 0 Å². The Morgan fingerprint density at radius 3 is 2.69 bits per heavy atom. The predicted octanol–water partition coefficient (Wildman–Crippen LogP) is 0.898. The molecule has 6 heteroatoms. The largest absolute Gasteiger partial charge is 0.396 e. The Hall–Kier alpha value is -1.62. The maximum Gasteiger partial charge on any atom is 0.175 e. The van der Waals surface area contributed by atoms with E-state index in [0.29, 0.717) is 16.7 Å². The summed E-state index contributed by atoms with van der Waals surface area (Å²) in [6, 6.07) is 3.35. The van der Waals surface area contributed by atoms with Crippen molar-refractivity contribution in [2.45, 2.75) is 0 Å². The Kier molecular flexibility index (Phi) is 1.86. The molecule has 2 aromatic rings. The van der Waals surface area contributed by atoms with E-state index in [9.17, 15) is 0 Å². The van der Waals surface area contributed by atoms with Crippen molar-refractivity contribution < 1.29 is 0 Å². The summed E-state index contributed by atoms with van der Waals surface area (Å²) in [4.78, 5) is 0. The van der Waals surface area contributed by atoms with Crippen molar-refractivity contribution in [1.82, 2.24) is 20.0 Å². The molecule has 13 heavy (non-hydrogen) atoms. The molecular weight excluding hydrogens is 190 g/mol. The maximum atomic E-state index is 5.58. The molecule has 0 fully saturated rings. The normalized spacial score (nSPS) is 10.2. The van der Waals surface area contributed by atoms with Crippen LogP contribution in [0, 0.1) is 0 Å². The molecule has 2 N–H and O–H groups in total. The summed E-state index contributed by atoms with van der Waals surface area (Å²) in [5, 5.41) is 11.8. The lowest BCUT2D eigenvalue weighted by molar-refractivity contribution is 0.814. The average molecular weight is 196 g/mol. The van der Waals surface area contributed by atoms with E-state index in [4.69, 9.17) is 17.3 Å². The second-order valence-electron chi connectivity index (χ2n) is 2.43. The van der Waals surface area contributed by atoms with Crippen molar-refractivity contribution in [2.24, 2.45) is 0 Å². The SMILES string of the molecule is Nc1cnn(-c2ccc(Cl)nn2)c1. The van der Waals surface area contributed by atoms with Crippen LogP contribution in [0.3, 0.4) is 0 Å². The summed E-state index contributed by atoms with van der Waals surface area (Å²) < 4.78 is 1.53. The predicted molar refractivity (Wildman–Crippen MR) is 48.6 cm³/mol. The minimum Gasteiger partial charge on any atom is -0.396 e. The van der Waals surface area contributed by atoms with Gasteiger partial charge in [-0.05, 0) is 12.1 Å².